The molecule has 0 radical (unpaired) electrons. The van der Waals surface area contributed by atoms with Gasteiger partial charge in [-0.25, -0.2) is 0 Å². The maximum absolute atomic E-state index is 5.47. The first-order valence-corrected chi connectivity index (χ1v) is 7.42. The van der Waals surface area contributed by atoms with E-state index in [0.29, 0.717) is 5.92 Å². The van der Waals surface area contributed by atoms with E-state index in [0.717, 1.165) is 37.5 Å². The van der Waals surface area contributed by atoms with Crippen LogP contribution in [0.5, 0.6) is 0 Å². The van der Waals surface area contributed by atoms with Gasteiger partial charge < -0.3 is 10.3 Å². The Morgan fingerprint density at radius 3 is 2.61 bits per heavy atom. The molecule has 1 heterocycles. The number of rotatable bonds is 7. The van der Waals surface area contributed by atoms with Crippen LogP contribution in [0.2, 0.25) is 0 Å². The van der Waals surface area contributed by atoms with Crippen molar-refractivity contribution < 1.29 is 4.52 Å². The third-order valence-electron chi connectivity index (χ3n) is 3.80. The van der Waals surface area contributed by atoms with Gasteiger partial charge in [-0.15, -0.1) is 0 Å². The van der Waals surface area contributed by atoms with Gasteiger partial charge >= 0.3 is 0 Å². The Balaban J connectivity index is 1.72. The second kappa shape index (κ2) is 7.52. The fraction of sp³-hybridized carbons (Fsp3) is 0.857. The number of aromatic nitrogens is 2. The van der Waals surface area contributed by atoms with Crippen LogP contribution in [0.1, 0.15) is 75.4 Å². The predicted octanol–water partition coefficient (Wildman–Crippen LogP) is 3.18. The topological polar surface area (TPSA) is 64.9 Å². The van der Waals surface area contributed by atoms with Crippen LogP contribution in [0, 0.1) is 0 Å². The van der Waals surface area contributed by atoms with Crippen molar-refractivity contribution in [2.45, 2.75) is 70.1 Å². The van der Waals surface area contributed by atoms with Crippen LogP contribution in [-0.2, 0) is 6.42 Å². The number of hydrogen-bond acceptors (Lipinski definition) is 4. The number of nitrogens with zero attached hydrogens (tertiary/aromatic N) is 2. The molecule has 0 spiro atoms. The summed E-state index contributed by atoms with van der Waals surface area (Å²) in [4.78, 5) is 4.55. The van der Waals surface area contributed by atoms with Crippen molar-refractivity contribution in [2.24, 2.45) is 5.73 Å². The molecule has 0 saturated heterocycles. The molecule has 0 atom stereocenters. The van der Waals surface area contributed by atoms with E-state index in [1.807, 2.05) is 0 Å². The quantitative estimate of drug-likeness (QED) is 0.756. The lowest BCUT2D eigenvalue weighted by atomic mass is 9.89. The Morgan fingerprint density at radius 1 is 1.06 bits per heavy atom. The molecule has 4 nitrogen and oxygen atoms in total. The highest BCUT2D eigenvalue weighted by molar-refractivity contribution is 4.96. The smallest absolute Gasteiger partial charge is 0.226 e. The van der Waals surface area contributed by atoms with E-state index in [-0.39, 0.29) is 0 Å². The first-order valence-electron chi connectivity index (χ1n) is 7.42. The SMILES string of the molecule is NCCCCCCc1nc(C2CCCCC2)no1. The van der Waals surface area contributed by atoms with Crippen LogP contribution in [0.25, 0.3) is 0 Å². The summed E-state index contributed by atoms with van der Waals surface area (Å²) in [6, 6.07) is 0. The molecule has 0 bridgehead atoms. The molecule has 0 aliphatic heterocycles. The van der Waals surface area contributed by atoms with E-state index >= 15 is 0 Å². The van der Waals surface area contributed by atoms with Crippen molar-refractivity contribution >= 4 is 0 Å². The minimum atomic E-state index is 0.550. The Labute approximate surface area is 109 Å². The number of nitrogens with two attached hydrogens (primary N) is 1. The molecule has 102 valence electrons. The zero-order valence-electron chi connectivity index (χ0n) is 11.2. The highest BCUT2D eigenvalue weighted by Gasteiger charge is 2.20. The van der Waals surface area contributed by atoms with Crippen molar-refractivity contribution in [2.75, 3.05) is 6.54 Å². The molecule has 1 saturated carbocycles. The van der Waals surface area contributed by atoms with E-state index in [4.69, 9.17) is 10.3 Å². The Bertz CT molecular complexity index is 332. The van der Waals surface area contributed by atoms with E-state index in [2.05, 4.69) is 10.1 Å². The second-order valence-electron chi connectivity index (χ2n) is 5.33. The van der Waals surface area contributed by atoms with Gasteiger partial charge in [-0.05, 0) is 32.2 Å². The third kappa shape index (κ3) is 4.09. The van der Waals surface area contributed by atoms with Crippen LogP contribution < -0.4 is 5.73 Å². The number of hydrogen-bond donors (Lipinski definition) is 1. The summed E-state index contributed by atoms with van der Waals surface area (Å²) in [6.07, 6.45) is 12.0. The van der Waals surface area contributed by atoms with Crippen LogP contribution in [0.3, 0.4) is 0 Å². The van der Waals surface area contributed by atoms with Gasteiger partial charge in [0.1, 0.15) is 0 Å². The molecular formula is C14H25N3O. The molecule has 1 aromatic heterocycles. The molecule has 2 rings (SSSR count). The second-order valence-corrected chi connectivity index (χ2v) is 5.33. The Kier molecular flexibility index (Phi) is 5.65. The van der Waals surface area contributed by atoms with Gasteiger partial charge in [0.25, 0.3) is 0 Å². The molecule has 0 unspecified atom stereocenters. The van der Waals surface area contributed by atoms with Gasteiger partial charge in [-0.2, -0.15) is 4.98 Å². The summed E-state index contributed by atoms with van der Waals surface area (Å²) in [6.45, 7) is 0.798. The fourth-order valence-corrected chi connectivity index (χ4v) is 2.67. The Hall–Kier alpha value is -0.900. The molecule has 18 heavy (non-hydrogen) atoms. The van der Waals surface area contributed by atoms with Crippen molar-refractivity contribution in [1.82, 2.24) is 10.1 Å². The molecule has 0 amide bonds. The van der Waals surface area contributed by atoms with Crippen molar-refractivity contribution in [3.63, 3.8) is 0 Å². The van der Waals surface area contributed by atoms with Crippen LogP contribution in [0.4, 0.5) is 0 Å². The molecule has 1 aliphatic carbocycles. The maximum atomic E-state index is 5.47. The van der Waals surface area contributed by atoms with Crippen LogP contribution >= 0.6 is 0 Å². The molecule has 4 heteroatoms. The summed E-state index contributed by atoms with van der Waals surface area (Å²) in [5.41, 5.74) is 5.47. The predicted molar refractivity (Wildman–Crippen MR) is 71.4 cm³/mol. The van der Waals surface area contributed by atoms with Gasteiger partial charge in [0, 0.05) is 12.3 Å². The summed E-state index contributed by atoms with van der Waals surface area (Å²) in [5.74, 6) is 2.32. The highest BCUT2D eigenvalue weighted by atomic mass is 16.5. The molecule has 1 aliphatic rings. The maximum Gasteiger partial charge on any atom is 0.226 e. The molecule has 0 aromatic carbocycles. The van der Waals surface area contributed by atoms with E-state index in [1.54, 1.807) is 0 Å². The zero-order chi connectivity index (χ0) is 12.6. The van der Waals surface area contributed by atoms with Gasteiger partial charge in [0.2, 0.25) is 5.89 Å². The van der Waals surface area contributed by atoms with Crippen LogP contribution in [-0.4, -0.2) is 16.7 Å². The summed E-state index contributed by atoms with van der Waals surface area (Å²) < 4.78 is 5.34. The molecule has 1 fully saturated rings. The van der Waals surface area contributed by atoms with E-state index in [9.17, 15) is 0 Å². The minimum absolute atomic E-state index is 0.550. The van der Waals surface area contributed by atoms with Crippen molar-refractivity contribution in [3.8, 4) is 0 Å². The average Bonchev–Trinajstić information content (AvgIpc) is 2.88. The van der Waals surface area contributed by atoms with E-state index < -0.39 is 0 Å². The monoisotopic (exact) mass is 251 g/mol. The first kappa shape index (κ1) is 13.5. The van der Waals surface area contributed by atoms with E-state index in [1.165, 1.54) is 44.9 Å². The Morgan fingerprint density at radius 2 is 1.83 bits per heavy atom. The molecule has 2 N–H and O–H groups in total. The number of aryl methyl sites for hydroxylation is 1. The lowest BCUT2D eigenvalue weighted by molar-refractivity contribution is 0.355. The van der Waals surface area contributed by atoms with Gasteiger partial charge in [0.05, 0.1) is 0 Å². The lowest BCUT2D eigenvalue weighted by Crippen LogP contribution is -2.06. The summed E-state index contributed by atoms with van der Waals surface area (Å²) in [5, 5.41) is 4.15. The highest BCUT2D eigenvalue weighted by Crippen LogP contribution is 2.30. The third-order valence-corrected chi connectivity index (χ3v) is 3.80. The van der Waals surface area contributed by atoms with Gasteiger partial charge in [0.15, 0.2) is 5.82 Å². The minimum Gasteiger partial charge on any atom is -0.339 e. The summed E-state index contributed by atoms with van der Waals surface area (Å²) >= 11 is 0. The average molecular weight is 251 g/mol. The first-order chi connectivity index (χ1) is 8.90. The normalized spacial score (nSPS) is 17.2. The standard InChI is InChI=1S/C14H25N3O/c15-11-7-2-1-6-10-13-16-14(17-18-13)12-8-4-3-5-9-12/h12H,1-11,15H2. The zero-order valence-corrected chi connectivity index (χ0v) is 11.2. The van der Waals surface area contributed by atoms with Crippen molar-refractivity contribution in [1.29, 1.82) is 0 Å². The lowest BCUT2D eigenvalue weighted by Gasteiger charge is -2.17. The molecular weight excluding hydrogens is 226 g/mol. The number of unbranched alkanes of at least 4 members (excludes halogenated alkanes) is 3. The van der Waals surface area contributed by atoms with Crippen LogP contribution in [0.15, 0.2) is 4.52 Å². The van der Waals surface area contributed by atoms with Crippen molar-refractivity contribution in [3.05, 3.63) is 11.7 Å². The molecule has 1 aromatic rings. The largest absolute Gasteiger partial charge is 0.339 e. The fourth-order valence-electron chi connectivity index (χ4n) is 2.67. The van der Waals surface area contributed by atoms with Gasteiger partial charge in [-0.3, -0.25) is 0 Å². The van der Waals surface area contributed by atoms with Gasteiger partial charge in [-0.1, -0.05) is 37.3 Å². The summed E-state index contributed by atoms with van der Waals surface area (Å²) in [7, 11) is 0.